The van der Waals surface area contributed by atoms with Crippen LogP contribution >= 0.6 is 11.6 Å². The predicted molar refractivity (Wildman–Crippen MR) is 104 cm³/mol. The number of hydrogen-bond donors (Lipinski definition) is 2. The Bertz CT molecular complexity index is 844. The van der Waals surface area contributed by atoms with E-state index in [9.17, 15) is 9.59 Å². The average molecular weight is 371 g/mol. The van der Waals surface area contributed by atoms with E-state index in [0.29, 0.717) is 30.8 Å². The zero-order valence-corrected chi connectivity index (χ0v) is 15.8. The van der Waals surface area contributed by atoms with Crippen LogP contribution in [0.1, 0.15) is 29.5 Å². The van der Waals surface area contributed by atoms with Gasteiger partial charge in [0, 0.05) is 17.3 Å². The molecule has 0 bridgehead atoms. The van der Waals surface area contributed by atoms with Gasteiger partial charge < -0.3 is 10.6 Å². The Morgan fingerprint density at radius 1 is 1.08 bits per heavy atom. The lowest BCUT2D eigenvalue weighted by atomic mass is 10.0. The predicted octanol–water partition coefficient (Wildman–Crippen LogP) is 4.03. The summed E-state index contributed by atoms with van der Waals surface area (Å²) in [7, 11) is 0. The molecule has 2 N–H and O–H groups in total. The Morgan fingerprint density at radius 3 is 2.50 bits per heavy atom. The van der Waals surface area contributed by atoms with Gasteiger partial charge in [-0.25, -0.2) is 0 Å². The summed E-state index contributed by atoms with van der Waals surface area (Å²) in [5, 5.41) is 6.50. The van der Waals surface area contributed by atoms with Crippen LogP contribution in [0.4, 0.5) is 5.69 Å². The SMILES string of the molecule is Cc1ccc(NC(=O)C2(C(=O)NCCc3cccc(Cl)c3)CC2)c(C)c1. The zero-order valence-electron chi connectivity index (χ0n) is 15.1. The van der Waals surface area contributed by atoms with Crippen LogP contribution in [0.3, 0.4) is 0 Å². The second kappa shape index (κ2) is 7.50. The van der Waals surface area contributed by atoms with Crippen LogP contribution in [0, 0.1) is 19.3 Å². The Balaban J connectivity index is 1.57. The van der Waals surface area contributed by atoms with Gasteiger partial charge >= 0.3 is 0 Å². The summed E-state index contributed by atoms with van der Waals surface area (Å²) >= 11 is 5.97. The lowest BCUT2D eigenvalue weighted by Crippen LogP contribution is -2.40. The summed E-state index contributed by atoms with van der Waals surface area (Å²) < 4.78 is 0. The number of nitrogens with one attached hydrogen (secondary N) is 2. The van der Waals surface area contributed by atoms with Gasteiger partial charge in [-0.1, -0.05) is 41.4 Å². The van der Waals surface area contributed by atoms with Gasteiger partial charge in [-0.2, -0.15) is 0 Å². The first-order chi connectivity index (χ1) is 12.4. The number of rotatable bonds is 6. The van der Waals surface area contributed by atoms with Gasteiger partial charge in [0.2, 0.25) is 11.8 Å². The van der Waals surface area contributed by atoms with Gasteiger partial charge in [-0.15, -0.1) is 0 Å². The largest absolute Gasteiger partial charge is 0.355 e. The molecule has 0 unspecified atom stereocenters. The fourth-order valence-electron chi connectivity index (χ4n) is 3.06. The van der Waals surface area contributed by atoms with Crippen molar-refractivity contribution < 1.29 is 9.59 Å². The third kappa shape index (κ3) is 4.07. The standard InChI is InChI=1S/C21H23ClN2O2/c1-14-6-7-18(15(2)12-14)24-20(26)21(9-10-21)19(25)23-11-8-16-4-3-5-17(22)13-16/h3-7,12-13H,8-11H2,1-2H3,(H,23,25)(H,24,26). The van der Waals surface area contributed by atoms with Crippen LogP contribution in [0.2, 0.25) is 5.02 Å². The second-order valence-corrected chi connectivity index (χ2v) is 7.43. The average Bonchev–Trinajstić information content (AvgIpc) is 3.39. The zero-order chi connectivity index (χ0) is 18.7. The maximum atomic E-state index is 12.7. The molecule has 4 nitrogen and oxygen atoms in total. The van der Waals surface area contributed by atoms with Gasteiger partial charge in [0.05, 0.1) is 0 Å². The molecule has 0 radical (unpaired) electrons. The molecule has 5 heteroatoms. The fraction of sp³-hybridized carbons (Fsp3) is 0.333. The molecule has 1 aliphatic rings. The Kier molecular flexibility index (Phi) is 5.33. The van der Waals surface area contributed by atoms with Crippen molar-refractivity contribution in [1.29, 1.82) is 0 Å². The first-order valence-electron chi connectivity index (χ1n) is 8.82. The number of hydrogen-bond acceptors (Lipinski definition) is 2. The molecule has 1 aliphatic carbocycles. The van der Waals surface area contributed by atoms with Gasteiger partial charge in [0.15, 0.2) is 0 Å². The van der Waals surface area contributed by atoms with E-state index >= 15 is 0 Å². The molecule has 0 aliphatic heterocycles. The van der Waals surface area contributed by atoms with Gasteiger partial charge in [-0.05, 0) is 62.4 Å². The number of carbonyl (C=O) groups is 2. The van der Waals surface area contributed by atoms with E-state index < -0.39 is 5.41 Å². The quantitative estimate of drug-likeness (QED) is 0.754. The highest BCUT2D eigenvalue weighted by molar-refractivity contribution is 6.30. The monoisotopic (exact) mass is 370 g/mol. The highest BCUT2D eigenvalue weighted by Gasteiger charge is 2.56. The molecule has 0 saturated heterocycles. The van der Waals surface area contributed by atoms with E-state index in [0.717, 1.165) is 22.4 Å². The number of benzene rings is 2. The van der Waals surface area contributed by atoms with Crippen molar-refractivity contribution in [3.8, 4) is 0 Å². The van der Waals surface area contributed by atoms with Crippen LogP contribution in [0.15, 0.2) is 42.5 Å². The molecular weight excluding hydrogens is 348 g/mol. The molecular formula is C21H23ClN2O2. The smallest absolute Gasteiger partial charge is 0.240 e. The van der Waals surface area contributed by atoms with Crippen molar-refractivity contribution >= 4 is 29.1 Å². The van der Waals surface area contributed by atoms with E-state index in [1.165, 1.54) is 0 Å². The van der Waals surface area contributed by atoms with Crippen LogP contribution < -0.4 is 10.6 Å². The maximum absolute atomic E-state index is 12.7. The van der Waals surface area contributed by atoms with Gasteiger partial charge in [0.1, 0.15) is 5.41 Å². The lowest BCUT2D eigenvalue weighted by molar-refractivity contribution is -0.134. The third-order valence-electron chi connectivity index (χ3n) is 4.84. The van der Waals surface area contributed by atoms with Crippen molar-refractivity contribution in [3.63, 3.8) is 0 Å². The van der Waals surface area contributed by atoms with E-state index in [-0.39, 0.29) is 11.8 Å². The van der Waals surface area contributed by atoms with Crippen molar-refractivity contribution in [2.24, 2.45) is 5.41 Å². The minimum Gasteiger partial charge on any atom is -0.355 e. The molecule has 0 spiro atoms. The van der Waals surface area contributed by atoms with Crippen LogP contribution in [0.25, 0.3) is 0 Å². The highest BCUT2D eigenvalue weighted by Crippen LogP contribution is 2.47. The molecule has 2 aromatic rings. The second-order valence-electron chi connectivity index (χ2n) is 6.99. The molecule has 2 aromatic carbocycles. The Hall–Kier alpha value is -2.33. The normalized spacial score (nSPS) is 14.6. The fourth-order valence-corrected chi connectivity index (χ4v) is 3.27. The van der Waals surface area contributed by atoms with E-state index in [1.807, 2.05) is 56.3 Å². The number of carbonyl (C=O) groups excluding carboxylic acids is 2. The van der Waals surface area contributed by atoms with Gasteiger partial charge in [-0.3, -0.25) is 9.59 Å². The number of anilines is 1. The molecule has 1 fully saturated rings. The summed E-state index contributed by atoms with van der Waals surface area (Å²) in [6.45, 7) is 4.44. The molecule has 136 valence electrons. The summed E-state index contributed by atoms with van der Waals surface area (Å²) in [6.07, 6.45) is 1.86. The van der Waals surface area contributed by atoms with Crippen molar-refractivity contribution in [2.45, 2.75) is 33.1 Å². The summed E-state index contributed by atoms with van der Waals surface area (Å²) in [4.78, 5) is 25.2. The van der Waals surface area contributed by atoms with Crippen molar-refractivity contribution in [1.82, 2.24) is 5.32 Å². The maximum Gasteiger partial charge on any atom is 0.240 e. The molecule has 2 amide bonds. The number of halogens is 1. The van der Waals surface area contributed by atoms with E-state index in [2.05, 4.69) is 10.6 Å². The van der Waals surface area contributed by atoms with Crippen molar-refractivity contribution in [2.75, 3.05) is 11.9 Å². The van der Waals surface area contributed by atoms with E-state index in [4.69, 9.17) is 11.6 Å². The first-order valence-corrected chi connectivity index (χ1v) is 9.20. The van der Waals surface area contributed by atoms with E-state index in [1.54, 1.807) is 0 Å². The molecule has 26 heavy (non-hydrogen) atoms. The van der Waals surface area contributed by atoms with Gasteiger partial charge in [0.25, 0.3) is 0 Å². The summed E-state index contributed by atoms with van der Waals surface area (Å²) in [6, 6.07) is 13.4. The number of amides is 2. The van der Waals surface area contributed by atoms with Crippen molar-refractivity contribution in [3.05, 3.63) is 64.2 Å². The summed E-state index contributed by atoms with van der Waals surface area (Å²) in [5.41, 5.74) is 3.03. The molecule has 0 heterocycles. The lowest BCUT2D eigenvalue weighted by Gasteiger charge is -2.17. The Morgan fingerprint density at radius 2 is 1.85 bits per heavy atom. The topological polar surface area (TPSA) is 58.2 Å². The number of aryl methyl sites for hydroxylation is 2. The minimum absolute atomic E-state index is 0.193. The summed E-state index contributed by atoms with van der Waals surface area (Å²) in [5.74, 6) is -0.411. The highest BCUT2D eigenvalue weighted by atomic mass is 35.5. The first kappa shape index (κ1) is 18.5. The third-order valence-corrected chi connectivity index (χ3v) is 5.07. The Labute approximate surface area is 158 Å². The molecule has 1 saturated carbocycles. The molecule has 3 rings (SSSR count). The van der Waals surface area contributed by atoms with Crippen LogP contribution in [0.5, 0.6) is 0 Å². The van der Waals surface area contributed by atoms with Crippen LogP contribution in [-0.2, 0) is 16.0 Å². The molecule has 0 atom stereocenters. The minimum atomic E-state index is -0.925. The van der Waals surface area contributed by atoms with Crippen LogP contribution in [-0.4, -0.2) is 18.4 Å². The molecule has 0 aromatic heterocycles.